The summed E-state index contributed by atoms with van der Waals surface area (Å²) in [6, 6.07) is 8.60. The van der Waals surface area contributed by atoms with E-state index in [0.29, 0.717) is 24.6 Å². The van der Waals surface area contributed by atoms with Gasteiger partial charge < -0.3 is 20.3 Å². The predicted octanol–water partition coefficient (Wildman–Crippen LogP) is 1.07. The highest BCUT2D eigenvalue weighted by atomic mass is 16.5. The van der Waals surface area contributed by atoms with Crippen molar-refractivity contribution in [2.24, 2.45) is 0 Å². The lowest BCUT2D eigenvalue weighted by Gasteiger charge is -2.07. The summed E-state index contributed by atoms with van der Waals surface area (Å²) < 4.78 is 9.98. The largest absolute Gasteiger partial charge is 0.492 e. The Labute approximate surface area is 104 Å². The molecule has 2 rings (SSSR count). The smallest absolute Gasteiger partial charge is 0.273 e. The Morgan fingerprint density at radius 3 is 3.06 bits per heavy atom. The monoisotopic (exact) mass is 247 g/mol. The van der Waals surface area contributed by atoms with Crippen LogP contribution in [-0.4, -0.2) is 24.2 Å². The number of nitrogen functional groups attached to an aromatic ring is 1. The van der Waals surface area contributed by atoms with Crippen LogP contribution in [-0.2, 0) is 0 Å². The van der Waals surface area contributed by atoms with Crippen LogP contribution in [0, 0.1) is 0 Å². The van der Waals surface area contributed by atoms with Crippen LogP contribution < -0.4 is 15.8 Å². The number of hydrogen-bond acceptors (Lipinski definition) is 5. The lowest BCUT2D eigenvalue weighted by atomic mass is 10.3. The molecule has 0 atom stereocenters. The fraction of sp³-hybridized carbons (Fsp3) is 0.167. The molecule has 2 aromatic rings. The van der Waals surface area contributed by atoms with Gasteiger partial charge in [0.15, 0.2) is 5.69 Å². The number of rotatable bonds is 5. The van der Waals surface area contributed by atoms with Crippen molar-refractivity contribution in [3.8, 4) is 5.75 Å². The zero-order valence-electron chi connectivity index (χ0n) is 9.63. The number of hydrogen-bond donors (Lipinski definition) is 2. The van der Waals surface area contributed by atoms with Crippen molar-refractivity contribution >= 4 is 11.6 Å². The molecule has 0 saturated carbocycles. The number of aromatic nitrogens is 1. The highest BCUT2D eigenvalue weighted by molar-refractivity contribution is 5.91. The summed E-state index contributed by atoms with van der Waals surface area (Å²) >= 11 is 0. The first-order valence-corrected chi connectivity index (χ1v) is 5.42. The minimum Gasteiger partial charge on any atom is -0.492 e. The molecule has 1 heterocycles. The molecule has 1 aromatic carbocycles. The van der Waals surface area contributed by atoms with E-state index < -0.39 is 0 Å². The zero-order chi connectivity index (χ0) is 12.8. The molecule has 0 aliphatic carbocycles. The van der Waals surface area contributed by atoms with Crippen LogP contribution in [0.5, 0.6) is 5.75 Å². The van der Waals surface area contributed by atoms with Crippen LogP contribution in [0.3, 0.4) is 0 Å². The van der Waals surface area contributed by atoms with Gasteiger partial charge in [-0.05, 0) is 12.1 Å². The lowest BCUT2D eigenvalue weighted by molar-refractivity contribution is 0.0938. The van der Waals surface area contributed by atoms with E-state index in [-0.39, 0.29) is 11.6 Å². The molecule has 6 heteroatoms. The third kappa shape index (κ3) is 3.24. The quantitative estimate of drug-likeness (QED) is 0.609. The standard InChI is InChI=1S/C12H13N3O3/c13-9-2-1-3-10(8-9)17-7-5-14-12(16)11-4-6-18-15-11/h1-4,6,8H,5,7,13H2,(H,14,16). The molecule has 1 aromatic heterocycles. The molecule has 0 aliphatic rings. The van der Waals surface area contributed by atoms with Gasteiger partial charge in [0, 0.05) is 17.8 Å². The first-order valence-electron chi connectivity index (χ1n) is 5.42. The van der Waals surface area contributed by atoms with Gasteiger partial charge in [0.05, 0.1) is 6.54 Å². The molecule has 0 radical (unpaired) electrons. The number of carbonyl (C=O) groups is 1. The van der Waals surface area contributed by atoms with Gasteiger partial charge in [0.25, 0.3) is 5.91 Å². The normalized spacial score (nSPS) is 10.0. The number of nitrogens with one attached hydrogen (secondary N) is 1. The van der Waals surface area contributed by atoms with Gasteiger partial charge in [-0.2, -0.15) is 0 Å². The number of amides is 1. The maximum Gasteiger partial charge on any atom is 0.273 e. The summed E-state index contributed by atoms with van der Waals surface area (Å²) in [6.45, 7) is 0.730. The van der Waals surface area contributed by atoms with Gasteiger partial charge in [-0.25, -0.2) is 0 Å². The number of carbonyl (C=O) groups excluding carboxylic acids is 1. The molecule has 3 N–H and O–H groups in total. The van der Waals surface area contributed by atoms with Crippen LogP contribution in [0.2, 0.25) is 0 Å². The van der Waals surface area contributed by atoms with Gasteiger partial charge in [-0.3, -0.25) is 4.79 Å². The van der Waals surface area contributed by atoms with E-state index in [0.717, 1.165) is 0 Å². The second-order valence-electron chi connectivity index (χ2n) is 3.56. The van der Waals surface area contributed by atoms with E-state index in [2.05, 4.69) is 15.0 Å². The highest BCUT2D eigenvalue weighted by Crippen LogP contribution is 2.13. The fourth-order valence-electron chi connectivity index (χ4n) is 1.36. The molecule has 0 saturated heterocycles. The van der Waals surface area contributed by atoms with E-state index >= 15 is 0 Å². The lowest BCUT2D eigenvalue weighted by Crippen LogP contribution is -2.28. The van der Waals surface area contributed by atoms with Crippen molar-refractivity contribution in [2.45, 2.75) is 0 Å². The SMILES string of the molecule is Nc1cccc(OCCNC(=O)c2ccon2)c1. The topological polar surface area (TPSA) is 90.4 Å². The van der Waals surface area contributed by atoms with E-state index in [1.165, 1.54) is 12.3 Å². The predicted molar refractivity (Wildman–Crippen MR) is 65.2 cm³/mol. The van der Waals surface area contributed by atoms with Crippen LogP contribution in [0.4, 0.5) is 5.69 Å². The number of anilines is 1. The Kier molecular flexibility index (Phi) is 3.80. The highest BCUT2D eigenvalue weighted by Gasteiger charge is 2.07. The summed E-state index contributed by atoms with van der Waals surface area (Å²) in [4.78, 5) is 11.5. The first-order chi connectivity index (χ1) is 8.75. The summed E-state index contributed by atoms with van der Waals surface area (Å²) in [5.74, 6) is 0.380. The maximum absolute atomic E-state index is 11.5. The van der Waals surface area contributed by atoms with E-state index in [9.17, 15) is 4.79 Å². The van der Waals surface area contributed by atoms with Crippen molar-refractivity contribution in [1.29, 1.82) is 0 Å². The van der Waals surface area contributed by atoms with Crippen LogP contribution in [0.1, 0.15) is 10.5 Å². The Morgan fingerprint density at radius 1 is 1.44 bits per heavy atom. The summed E-state index contributed by atoms with van der Waals surface area (Å²) in [5, 5.41) is 6.17. The van der Waals surface area contributed by atoms with Crippen molar-refractivity contribution < 1.29 is 14.1 Å². The average Bonchev–Trinajstić information content (AvgIpc) is 2.88. The molecule has 1 amide bonds. The van der Waals surface area contributed by atoms with Crippen LogP contribution >= 0.6 is 0 Å². The van der Waals surface area contributed by atoms with Crippen LogP contribution in [0.15, 0.2) is 41.1 Å². The molecule has 0 spiro atoms. The van der Waals surface area contributed by atoms with E-state index in [4.69, 9.17) is 10.5 Å². The second-order valence-corrected chi connectivity index (χ2v) is 3.56. The van der Waals surface area contributed by atoms with Crippen molar-refractivity contribution in [2.75, 3.05) is 18.9 Å². The Hall–Kier alpha value is -2.50. The Morgan fingerprint density at radius 2 is 2.33 bits per heavy atom. The van der Waals surface area contributed by atoms with Gasteiger partial charge in [-0.1, -0.05) is 11.2 Å². The molecule has 0 fully saturated rings. The zero-order valence-corrected chi connectivity index (χ0v) is 9.63. The molecule has 18 heavy (non-hydrogen) atoms. The van der Waals surface area contributed by atoms with E-state index in [1.807, 2.05) is 0 Å². The number of ether oxygens (including phenoxy) is 1. The van der Waals surface area contributed by atoms with Gasteiger partial charge in [-0.15, -0.1) is 0 Å². The molecule has 0 aliphatic heterocycles. The second kappa shape index (κ2) is 5.72. The Bertz CT molecular complexity index is 511. The molecular formula is C12H13N3O3. The molecule has 0 unspecified atom stereocenters. The average molecular weight is 247 g/mol. The molecular weight excluding hydrogens is 234 g/mol. The third-order valence-electron chi connectivity index (χ3n) is 2.18. The van der Waals surface area contributed by atoms with Crippen molar-refractivity contribution in [1.82, 2.24) is 10.5 Å². The summed E-state index contributed by atoms with van der Waals surface area (Å²) in [6.07, 6.45) is 1.35. The van der Waals surface area contributed by atoms with Crippen LogP contribution in [0.25, 0.3) is 0 Å². The number of nitrogens with two attached hydrogens (primary N) is 1. The summed E-state index contributed by atoms with van der Waals surface area (Å²) in [5.41, 5.74) is 6.49. The molecule has 94 valence electrons. The Balaban J connectivity index is 1.72. The fourth-order valence-corrected chi connectivity index (χ4v) is 1.36. The van der Waals surface area contributed by atoms with E-state index in [1.54, 1.807) is 24.3 Å². The number of benzene rings is 1. The first kappa shape index (κ1) is 12.0. The minimum atomic E-state index is -0.292. The summed E-state index contributed by atoms with van der Waals surface area (Å²) in [7, 11) is 0. The van der Waals surface area contributed by atoms with Gasteiger partial charge in [0.1, 0.15) is 18.6 Å². The van der Waals surface area contributed by atoms with Crippen molar-refractivity contribution in [3.63, 3.8) is 0 Å². The third-order valence-corrected chi connectivity index (χ3v) is 2.18. The van der Waals surface area contributed by atoms with Gasteiger partial charge >= 0.3 is 0 Å². The van der Waals surface area contributed by atoms with Crippen molar-refractivity contribution in [3.05, 3.63) is 42.3 Å². The molecule has 0 bridgehead atoms. The number of nitrogens with zero attached hydrogens (tertiary/aromatic N) is 1. The van der Waals surface area contributed by atoms with Gasteiger partial charge in [0.2, 0.25) is 0 Å². The minimum absolute atomic E-state index is 0.249. The molecule has 6 nitrogen and oxygen atoms in total. The maximum atomic E-state index is 11.5.